The maximum absolute atomic E-state index is 14.9. The van der Waals surface area contributed by atoms with Crippen molar-refractivity contribution in [2.45, 2.75) is 46.1 Å². The minimum absolute atomic E-state index is 0.297. The molecular formula is C22H26FNO3. The van der Waals surface area contributed by atoms with Gasteiger partial charge in [0.1, 0.15) is 17.7 Å². The van der Waals surface area contributed by atoms with Gasteiger partial charge in [-0.25, -0.2) is 9.18 Å². The number of hydrogen-bond donors (Lipinski definition) is 1. The molecule has 2 aromatic rings. The summed E-state index contributed by atoms with van der Waals surface area (Å²) >= 11 is 0. The molecule has 0 bridgehead atoms. The molecule has 4 nitrogen and oxygen atoms in total. The molecule has 144 valence electrons. The van der Waals surface area contributed by atoms with Gasteiger partial charge in [-0.15, -0.1) is 0 Å². The van der Waals surface area contributed by atoms with Crippen LogP contribution in [0.5, 0.6) is 5.75 Å². The summed E-state index contributed by atoms with van der Waals surface area (Å²) in [5.74, 6) is 0.433. The number of fused-ring (bicyclic) bond motifs is 1. The Balaban J connectivity index is 1.95. The lowest BCUT2D eigenvalue weighted by Gasteiger charge is -2.39. The molecule has 27 heavy (non-hydrogen) atoms. The maximum Gasteiger partial charge on any atom is 0.405 e. The lowest BCUT2D eigenvalue weighted by Crippen LogP contribution is -2.33. The van der Waals surface area contributed by atoms with Crippen molar-refractivity contribution in [2.75, 3.05) is 6.61 Å². The molecule has 2 N–H and O–H groups in total. The molecule has 3 rings (SSSR count). The first-order valence-corrected chi connectivity index (χ1v) is 9.33. The Morgan fingerprint density at radius 3 is 2.59 bits per heavy atom. The Bertz CT molecular complexity index is 830. The average Bonchev–Trinajstić information content (AvgIpc) is 2.62. The van der Waals surface area contributed by atoms with Crippen LogP contribution in [0.3, 0.4) is 0 Å². The Hall–Kier alpha value is -2.56. The quantitative estimate of drug-likeness (QED) is 0.766. The van der Waals surface area contributed by atoms with Gasteiger partial charge in [-0.05, 0) is 60.2 Å². The van der Waals surface area contributed by atoms with E-state index in [2.05, 4.69) is 0 Å². The minimum atomic E-state index is -0.840. The largest absolute Gasteiger partial charge is 0.494 e. The van der Waals surface area contributed by atoms with Crippen molar-refractivity contribution in [3.05, 3.63) is 53.3 Å². The molecule has 0 aromatic heterocycles. The first kappa shape index (κ1) is 19.2. The van der Waals surface area contributed by atoms with Gasteiger partial charge in [0.05, 0.1) is 6.61 Å². The van der Waals surface area contributed by atoms with Crippen molar-refractivity contribution >= 4 is 6.09 Å². The highest BCUT2D eigenvalue weighted by Crippen LogP contribution is 2.47. The smallest absolute Gasteiger partial charge is 0.405 e. The third kappa shape index (κ3) is 4.07. The highest BCUT2D eigenvalue weighted by Gasteiger charge is 2.39. The van der Waals surface area contributed by atoms with Crippen molar-refractivity contribution in [2.24, 2.45) is 11.1 Å². The van der Waals surface area contributed by atoms with Gasteiger partial charge in [-0.2, -0.15) is 0 Å². The summed E-state index contributed by atoms with van der Waals surface area (Å²) in [5, 5.41) is 0. The van der Waals surface area contributed by atoms with E-state index in [-0.39, 0.29) is 11.2 Å². The molecule has 1 aliphatic rings. The van der Waals surface area contributed by atoms with E-state index in [1.54, 1.807) is 0 Å². The molecule has 0 fully saturated rings. The molecular weight excluding hydrogens is 345 g/mol. The van der Waals surface area contributed by atoms with E-state index >= 15 is 0 Å². The predicted molar refractivity (Wildman–Crippen MR) is 103 cm³/mol. The van der Waals surface area contributed by atoms with Gasteiger partial charge in [0.25, 0.3) is 0 Å². The van der Waals surface area contributed by atoms with Crippen LogP contribution in [0.2, 0.25) is 0 Å². The number of aryl methyl sites for hydroxylation is 1. The van der Waals surface area contributed by atoms with E-state index in [1.165, 1.54) is 6.07 Å². The topological polar surface area (TPSA) is 61.6 Å². The van der Waals surface area contributed by atoms with Gasteiger partial charge in [-0.3, -0.25) is 0 Å². The van der Waals surface area contributed by atoms with E-state index in [1.807, 2.05) is 51.1 Å². The fraction of sp³-hybridized carbons (Fsp3) is 0.409. The zero-order chi connectivity index (χ0) is 19.6. The first-order chi connectivity index (χ1) is 12.8. The highest BCUT2D eigenvalue weighted by atomic mass is 19.1. The van der Waals surface area contributed by atoms with Crippen LogP contribution in [0.25, 0.3) is 11.1 Å². The van der Waals surface area contributed by atoms with Crippen LogP contribution in [-0.4, -0.2) is 12.7 Å². The molecule has 1 aliphatic carbocycles. The third-order valence-corrected chi connectivity index (χ3v) is 5.13. The number of nitrogens with two attached hydrogens (primary N) is 1. The van der Waals surface area contributed by atoms with Gasteiger partial charge in [0.2, 0.25) is 0 Å². The number of benzene rings is 2. The summed E-state index contributed by atoms with van der Waals surface area (Å²) in [6, 6.07) is 10.8. The summed E-state index contributed by atoms with van der Waals surface area (Å²) in [7, 11) is 0. The fourth-order valence-electron chi connectivity index (χ4n) is 3.61. The molecule has 0 unspecified atom stereocenters. The third-order valence-electron chi connectivity index (χ3n) is 5.13. The molecule has 0 spiro atoms. The fourth-order valence-corrected chi connectivity index (χ4v) is 3.61. The molecule has 1 atom stereocenters. The van der Waals surface area contributed by atoms with Crippen molar-refractivity contribution in [1.29, 1.82) is 0 Å². The van der Waals surface area contributed by atoms with Gasteiger partial charge in [0.15, 0.2) is 0 Å². The van der Waals surface area contributed by atoms with E-state index in [0.717, 1.165) is 36.1 Å². The van der Waals surface area contributed by atoms with Crippen molar-refractivity contribution in [3.8, 4) is 16.9 Å². The second kappa shape index (κ2) is 7.59. The molecule has 0 radical (unpaired) electrons. The lowest BCUT2D eigenvalue weighted by atomic mass is 9.71. The Kier molecular flexibility index (Phi) is 5.40. The first-order valence-electron chi connectivity index (χ1n) is 9.33. The van der Waals surface area contributed by atoms with Crippen LogP contribution in [0.4, 0.5) is 9.18 Å². The predicted octanol–water partition coefficient (Wildman–Crippen LogP) is 5.39. The van der Waals surface area contributed by atoms with Gasteiger partial charge in [0, 0.05) is 11.0 Å². The Labute approximate surface area is 159 Å². The Morgan fingerprint density at radius 1 is 1.26 bits per heavy atom. The second-order valence-electron chi connectivity index (χ2n) is 7.71. The summed E-state index contributed by atoms with van der Waals surface area (Å²) in [6.07, 6.45) is 1.17. The number of rotatable bonds is 5. The monoisotopic (exact) mass is 371 g/mol. The molecule has 2 aromatic carbocycles. The number of carbonyl (C=O) groups is 1. The van der Waals surface area contributed by atoms with Crippen LogP contribution in [0.15, 0.2) is 36.4 Å². The molecule has 1 amide bonds. The number of primary amides is 1. The SMILES string of the molecule is CCCOc1ccc(-c2cc3c(cc2F)[C@H](OC(N)=O)C(C)(C)CC3)cc1. The van der Waals surface area contributed by atoms with Crippen LogP contribution < -0.4 is 10.5 Å². The standard InChI is InChI=1S/C22H26FNO3/c1-4-11-26-16-7-5-14(6-8-16)17-12-15-9-10-22(2,3)20(27-21(24)25)18(15)13-19(17)23/h5-8,12-13,20H,4,9-11H2,1-3H3,(H2,24,25)/t20-/m0/s1. The summed E-state index contributed by atoms with van der Waals surface area (Å²) in [5.41, 5.74) is 7.96. The molecule has 0 aliphatic heterocycles. The normalized spacial score (nSPS) is 17.9. The van der Waals surface area contributed by atoms with Gasteiger partial charge < -0.3 is 15.2 Å². The minimum Gasteiger partial charge on any atom is -0.494 e. The number of amides is 1. The Morgan fingerprint density at radius 2 is 1.96 bits per heavy atom. The van der Waals surface area contributed by atoms with E-state index in [4.69, 9.17) is 15.2 Å². The highest BCUT2D eigenvalue weighted by molar-refractivity contribution is 5.68. The van der Waals surface area contributed by atoms with Gasteiger partial charge in [-0.1, -0.05) is 32.9 Å². The maximum atomic E-state index is 14.9. The van der Waals surface area contributed by atoms with E-state index in [9.17, 15) is 9.18 Å². The van der Waals surface area contributed by atoms with Crippen molar-refractivity contribution < 1.29 is 18.7 Å². The van der Waals surface area contributed by atoms with Gasteiger partial charge >= 0.3 is 6.09 Å². The molecule has 0 heterocycles. The lowest BCUT2D eigenvalue weighted by molar-refractivity contribution is 0.0145. The zero-order valence-corrected chi connectivity index (χ0v) is 16.0. The molecule has 5 heteroatoms. The van der Waals surface area contributed by atoms with Crippen LogP contribution >= 0.6 is 0 Å². The molecule has 0 saturated heterocycles. The van der Waals surface area contributed by atoms with Crippen LogP contribution in [0.1, 0.15) is 50.8 Å². The number of hydrogen-bond acceptors (Lipinski definition) is 3. The number of halogens is 1. The van der Waals surface area contributed by atoms with Crippen molar-refractivity contribution in [1.82, 2.24) is 0 Å². The van der Waals surface area contributed by atoms with Crippen LogP contribution in [-0.2, 0) is 11.2 Å². The van der Waals surface area contributed by atoms with E-state index < -0.39 is 12.2 Å². The summed E-state index contributed by atoms with van der Waals surface area (Å²) in [4.78, 5) is 11.3. The van der Waals surface area contributed by atoms with E-state index in [0.29, 0.717) is 17.7 Å². The van der Waals surface area contributed by atoms with Crippen LogP contribution in [0, 0.1) is 11.2 Å². The zero-order valence-electron chi connectivity index (χ0n) is 16.0. The molecule has 0 saturated carbocycles. The number of ether oxygens (including phenoxy) is 2. The summed E-state index contributed by atoms with van der Waals surface area (Å²) < 4.78 is 25.9. The summed E-state index contributed by atoms with van der Waals surface area (Å²) in [6.45, 7) is 6.71. The second-order valence-corrected chi connectivity index (χ2v) is 7.71. The average molecular weight is 371 g/mol. The number of carbonyl (C=O) groups excluding carboxylic acids is 1. The van der Waals surface area contributed by atoms with Crippen molar-refractivity contribution in [3.63, 3.8) is 0 Å².